The first kappa shape index (κ1) is 18.9. The molecule has 26 heavy (non-hydrogen) atoms. The van der Waals surface area contributed by atoms with Gasteiger partial charge >= 0.3 is 11.9 Å². The van der Waals surface area contributed by atoms with Crippen LogP contribution in [0.15, 0.2) is 60.7 Å². The van der Waals surface area contributed by atoms with Crippen molar-refractivity contribution in [3.63, 3.8) is 0 Å². The predicted octanol–water partition coefficient (Wildman–Crippen LogP) is 2.35. The topological polar surface area (TPSA) is 81.7 Å². The fraction of sp³-hybridized carbons (Fsp3) is 0.150. The maximum absolute atomic E-state index is 11.7. The Kier molecular flexibility index (Phi) is 7.12. The normalized spacial score (nSPS) is 10.3. The van der Waals surface area contributed by atoms with Crippen LogP contribution >= 0.6 is 0 Å². The summed E-state index contributed by atoms with van der Waals surface area (Å²) in [5.41, 5.74) is 2.10. The van der Waals surface area contributed by atoms with Crippen LogP contribution < -0.4 is 5.32 Å². The van der Waals surface area contributed by atoms with E-state index in [0.29, 0.717) is 5.56 Å². The van der Waals surface area contributed by atoms with Crippen LogP contribution in [0.1, 0.15) is 21.5 Å². The molecule has 0 aliphatic heterocycles. The van der Waals surface area contributed by atoms with Crippen LogP contribution in [-0.2, 0) is 25.6 Å². The third kappa shape index (κ3) is 6.24. The number of carbonyl (C=O) groups excluding carboxylic acids is 3. The highest BCUT2D eigenvalue weighted by Crippen LogP contribution is 2.05. The van der Waals surface area contributed by atoms with Crippen LogP contribution in [0.4, 0.5) is 0 Å². The molecule has 134 valence electrons. The van der Waals surface area contributed by atoms with E-state index in [1.165, 1.54) is 13.2 Å². The van der Waals surface area contributed by atoms with E-state index in [0.717, 1.165) is 11.1 Å². The Morgan fingerprint density at radius 3 is 2.35 bits per heavy atom. The zero-order chi connectivity index (χ0) is 18.8. The van der Waals surface area contributed by atoms with E-state index < -0.39 is 17.8 Å². The number of ether oxygens (including phenoxy) is 2. The van der Waals surface area contributed by atoms with Crippen molar-refractivity contribution < 1.29 is 23.9 Å². The standard InChI is InChI=1S/C20H19NO5/c1-25-20(24)17-10-7-16(8-11-17)13-21-18(22)14-26-19(23)12-9-15-5-3-2-4-6-15/h2-12H,13-14H2,1H3,(H,21,22)/b12-9+. The molecule has 6 nitrogen and oxygen atoms in total. The molecule has 2 aromatic carbocycles. The summed E-state index contributed by atoms with van der Waals surface area (Å²) in [5.74, 6) is -1.43. The lowest BCUT2D eigenvalue weighted by Gasteiger charge is -2.06. The number of benzene rings is 2. The molecule has 2 aromatic rings. The second-order valence-corrected chi connectivity index (χ2v) is 5.32. The monoisotopic (exact) mass is 353 g/mol. The molecule has 0 bridgehead atoms. The summed E-state index contributed by atoms with van der Waals surface area (Å²) < 4.78 is 9.49. The summed E-state index contributed by atoms with van der Waals surface area (Å²) in [4.78, 5) is 34.7. The van der Waals surface area contributed by atoms with Gasteiger partial charge in [0.25, 0.3) is 5.91 Å². The summed E-state index contributed by atoms with van der Waals surface area (Å²) in [6.45, 7) is -0.101. The SMILES string of the molecule is COC(=O)c1ccc(CNC(=O)COC(=O)/C=C/c2ccccc2)cc1. The summed E-state index contributed by atoms with van der Waals surface area (Å²) in [6, 6.07) is 15.9. The molecule has 0 radical (unpaired) electrons. The molecular formula is C20H19NO5. The largest absolute Gasteiger partial charge is 0.465 e. The molecule has 0 aliphatic rings. The molecule has 0 saturated heterocycles. The number of methoxy groups -OCH3 is 1. The van der Waals surface area contributed by atoms with Gasteiger partial charge < -0.3 is 14.8 Å². The molecule has 0 fully saturated rings. The molecule has 0 saturated carbocycles. The zero-order valence-corrected chi connectivity index (χ0v) is 14.3. The summed E-state index contributed by atoms with van der Waals surface area (Å²) in [6.07, 6.45) is 2.89. The van der Waals surface area contributed by atoms with Crippen LogP contribution in [0.3, 0.4) is 0 Å². The first-order valence-electron chi connectivity index (χ1n) is 7.92. The minimum Gasteiger partial charge on any atom is -0.465 e. The molecular weight excluding hydrogens is 334 g/mol. The summed E-state index contributed by atoms with van der Waals surface area (Å²) in [7, 11) is 1.31. The Morgan fingerprint density at radius 1 is 1.00 bits per heavy atom. The van der Waals surface area contributed by atoms with Crippen LogP contribution in [0, 0.1) is 0 Å². The highest BCUT2D eigenvalue weighted by molar-refractivity contribution is 5.90. The lowest BCUT2D eigenvalue weighted by molar-refractivity contribution is -0.143. The molecule has 0 spiro atoms. The highest BCUT2D eigenvalue weighted by Gasteiger charge is 2.07. The Hall–Kier alpha value is -3.41. The Morgan fingerprint density at radius 2 is 1.69 bits per heavy atom. The molecule has 2 rings (SSSR count). The van der Waals surface area contributed by atoms with Gasteiger partial charge in [-0.05, 0) is 29.3 Å². The molecule has 0 aliphatic carbocycles. The molecule has 0 aromatic heterocycles. The van der Waals surface area contributed by atoms with Crippen molar-refractivity contribution in [2.45, 2.75) is 6.54 Å². The smallest absolute Gasteiger partial charge is 0.337 e. The van der Waals surface area contributed by atoms with Crippen LogP contribution in [-0.4, -0.2) is 31.6 Å². The molecule has 1 N–H and O–H groups in total. The number of hydrogen-bond donors (Lipinski definition) is 1. The maximum atomic E-state index is 11.7. The van der Waals surface area contributed by atoms with Crippen LogP contribution in [0.2, 0.25) is 0 Å². The third-order valence-electron chi connectivity index (χ3n) is 3.42. The van der Waals surface area contributed by atoms with Gasteiger partial charge in [0.15, 0.2) is 6.61 Å². The predicted molar refractivity (Wildman–Crippen MR) is 96.1 cm³/mol. The molecule has 0 heterocycles. The van der Waals surface area contributed by atoms with Crippen molar-refractivity contribution in [3.05, 3.63) is 77.4 Å². The van der Waals surface area contributed by atoms with Crippen molar-refractivity contribution in [3.8, 4) is 0 Å². The average molecular weight is 353 g/mol. The molecule has 0 atom stereocenters. The third-order valence-corrected chi connectivity index (χ3v) is 3.42. The van der Waals surface area contributed by atoms with Gasteiger partial charge in [-0.2, -0.15) is 0 Å². The fourth-order valence-electron chi connectivity index (χ4n) is 2.04. The number of amides is 1. The second kappa shape index (κ2) is 9.78. The first-order valence-corrected chi connectivity index (χ1v) is 7.92. The fourth-order valence-corrected chi connectivity index (χ4v) is 2.04. The number of esters is 2. The number of rotatable bonds is 7. The van der Waals surface area contributed by atoms with Crippen molar-refractivity contribution in [2.75, 3.05) is 13.7 Å². The molecule has 1 amide bonds. The number of carbonyl (C=O) groups is 3. The van der Waals surface area contributed by atoms with Gasteiger partial charge in [0.05, 0.1) is 12.7 Å². The minimum atomic E-state index is -0.591. The lowest BCUT2D eigenvalue weighted by atomic mass is 10.1. The quantitative estimate of drug-likeness (QED) is 0.610. The first-order chi connectivity index (χ1) is 12.6. The molecule has 6 heteroatoms. The van der Waals surface area contributed by atoms with Crippen molar-refractivity contribution >= 4 is 23.9 Å². The van der Waals surface area contributed by atoms with Gasteiger partial charge in [0.2, 0.25) is 0 Å². The van der Waals surface area contributed by atoms with E-state index in [2.05, 4.69) is 10.1 Å². The highest BCUT2D eigenvalue weighted by atomic mass is 16.5. The van der Waals surface area contributed by atoms with Crippen molar-refractivity contribution in [1.29, 1.82) is 0 Å². The van der Waals surface area contributed by atoms with Gasteiger partial charge in [0.1, 0.15) is 0 Å². The Labute approximate surface area is 151 Å². The van der Waals surface area contributed by atoms with E-state index >= 15 is 0 Å². The zero-order valence-electron chi connectivity index (χ0n) is 14.3. The minimum absolute atomic E-state index is 0.262. The van der Waals surface area contributed by atoms with Crippen LogP contribution in [0.5, 0.6) is 0 Å². The second-order valence-electron chi connectivity index (χ2n) is 5.32. The van der Waals surface area contributed by atoms with E-state index in [9.17, 15) is 14.4 Å². The van der Waals surface area contributed by atoms with Gasteiger partial charge in [-0.15, -0.1) is 0 Å². The maximum Gasteiger partial charge on any atom is 0.337 e. The average Bonchev–Trinajstić information content (AvgIpc) is 2.69. The molecule has 0 unspecified atom stereocenters. The summed E-state index contributed by atoms with van der Waals surface area (Å²) >= 11 is 0. The Balaban J connectivity index is 1.72. The van der Waals surface area contributed by atoms with E-state index in [4.69, 9.17) is 4.74 Å². The van der Waals surface area contributed by atoms with Gasteiger partial charge in [-0.25, -0.2) is 9.59 Å². The number of nitrogens with one attached hydrogen (secondary N) is 1. The van der Waals surface area contributed by atoms with Crippen LogP contribution in [0.25, 0.3) is 6.08 Å². The lowest BCUT2D eigenvalue weighted by Crippen LogP contribution is -2.28. The van der Waals surface area contributed by atoms with Gasteiger partial charge in [-0.1, -0.05) is 42.5 Å². The Bertz CT molecular complexity index is 782. The van der Waals surface area contributed by atoms with Crippen molar-refractivity contribution in [2.24, 2.45) is 0 Å². The van der Waals surface area contributed by atoms with E-state index in [1.807, 2.05) is 30.3 Å². The van der Waals surface area contributed by atoms with Gasteiger partial charge in [0, 0.05) is 12.6 Å². The number of hydrogen-bond acceptors (Lipinski definition) is 5. The van der Waals surface area contributed by atoms with Crippen molar-refractivity contribution in [1.82, 2.24) is 5.32 Å². The van der Waals surface area contributed by atoms with Gasteiger partial charge in [-0.3, -0.25) is 4.79 Å². The summed E-state index contributed by atoms with van der Waals surface area (Å²) in [5, 5.41) is 2.63. The van der Waals surface area contributed by atoms with E-state index in [1.54, 1.807) is 30.3 Å². The van der Waals surface area contributed by atoms with E-state index in [-0.39, 0.29) is 13.2 Å².